The van der Waals surface area contributed by atoms with Gasteiger partial charge in [-0.1, -0.05) is 338 Å². The third kappa shape index (κ3) is 69.2. The second-order valence-corrected chi connectivity index (χ2v) is 32.3. The molecule has 19 heteroatoms. The first-order valence-corrected chi connectivity index (χ1v) is 42.7. The van der Waals surface area contributed by atoms with Crippen LogP contribution in [-0.4, -0.2) is 96.7 Å². The van der Waals surface area contributed by atoms with Gasteiger partial charge in [-0.05, 0) is 49.4 Å². The molecule has 0 aliphatic carbocycles. The van der Waals surface area contributed by atoms with Crippen LogP contribution in [0.3, 0.4) is 0 Å². The van der Waals surface area contributed by atoms with Crippen molar-refractivity contribution in [1.29, 1.82) is 0 Å². The monoisotopic (exact) mass is 1410 g/mol. The van der Waals surface area contributed by atoms with Gasteiger partial charge >= 0.3 is 39.5 Å². The third-order valence-corrected chi connectivity index (χ3v) is 20.1. The van der Waals surface area contributed by atoms with Crippen LogP contribution in [0.25, 0.3) is 0 Å². The van der Waals surface area contributed by atoms with Crippen LogP contribution in [0, 0.1) is 23.7 Å². The number of aliphatic hydroxyl groups is 1. The lowest BCUT2D eigenvalue weighted by Crippen LogP contribution is -2.30. The molecule has 0 aliphatic rings. The van der Waals surface area contributed by atoms with E-state index >= 15 is 0 Å². The Bertz CT molecular complexity index is 1890. The summed E-state index contributed by atoms with van der Waals surface area (Å²) in [7, 11) is -9.92. The van der Waals surface area contributed by atoms with Gasteiger partial charge in [-0.3, -0.25) is 37.3 Å². The highest BCUT2D eigenvalue weighted by Crippen LogP contribution is 2.45. The number of aliphatic hydroxyl groups excluding tert-OH is 1. The maximum atomic E-state index is 13.1. The lowest BCUT2D eigenvalue weighted by Gasteiger charge is -2.21. The van der Waals surface area contributed by atoms with Crippen molar-refractivity contribution in [3.8, 4) is 0 Å². The molecule has 6 atom stereocenters. The minimum atomic E-state index is -4.96. The van der Waals surface area contributed by atoms with Crippen LogP contribution in [0.5, 0.6) is 0 Å². The van der Waals surface area contributed by atoms with E-state index in [-0.39, 0.29) is 25.7 Å². The fourth-order valence-corrected chi connectivity index (χ4v) is 13.3. The number of ether oxygens (including phenoxy) is 4. The molecule has 0 fully saturated rings. The van der Waals surface area contributed by atoms with Crippen molar-refractivity contribution in [2.24, 2.45) is 23.7 Å². The van der Waals surface area contributed by atoms with Crippen LogP contribution in [0.1, 0.15) is 389 Å². The van der Waals surface area contributed by atoms with Gasteiger partial charge in [0.2, 0.25) is 0 Å². The number of carbonyl (C=O) groups excluding carboxylic acids is 4. The van der Waals surface area contributed by atoms with Gasteiger partial charge < -0.3 is 33.8 Å². The average molecular weight is 1410 g/mol. The van der Waals surface area contributed by atoms with Crippen LogP contribution in [0.2, 0.25) is 0 Å². The third-order valence-electron chi connectivity index (χ3n) is 18.2. The summed E-state index contributed by atoms with van der Waals surface area (Å²) in [6.07, 6.45) is 51.3. The SMILES string of the molecule is CCC(C)CCCCCCCCCCC(=O)O[C@H](COC(=O)CCCCCCCCCCC(C)C)COP(=O)(O)OCC(O)COP(=O)(O)OC[C@@H](COC(=O)CCCCCCCCCCCCCCC(C)C)OC(=O)CCCCCCCCCCCCCCCCCC(C)C. The van der Waals surface area contributed by atoms with Crippen LogP contribution >= 0.6 is 15.6 Å². The summed E-state index contributed by atoms with van der Waals surface area (Å²) >= 11 is 0. The summed E-state index contributed by atoms with van der Waals surface area (Å²) in [5.41, 5.74) is 0. The van der Waals surface area contributed by atoms with Crippen molar-refractivity contribution >= 4 is 39.5 Å². The molecule has 0 spiro atoms. The minimum Gasteiger partial charge on any atom is -0.462 e. The van der Waals surface area contributed by atoms with Gasteiger partial charge in [0.1, 0.15) is 19.3 Å². The predicted octanol–water partition coefficient (Wildman–Crippen LogP) is 22.4. The summed E-state index contributed by atoms with van der Waals surface area (Å²) in [6.45, 7) is 14.2. The first kappa shape index (κ1) is 94.1. The molecule has 0 saturated heterocycles. The number of unbranched alkanes of at least 4 members (excludes halogenated alkanes) is 39. The Morgan fingerprint density at radius 1 is 0.292 bits per heavy atom. The zero-order valence-corrected chi connectivity index (χ0v) is 64.8. The van der Waals surface area contributed by atoms with Crippen molar-refractivity contribution in [1.82, 2.24) is 0 Å². The van der Waals surface area contributed by atoms with Crippen LogP contribution in [-0.2, 0) is 65.4 Å². The van der Waals surface area contributed by atoms with Crippen molar-refractivity contribution in [2.75, 3.05) is 39.6 Å². The number of carbonyl (C=O) groups is 4. The molecule has 17 nitrogen and oxygen atoms in total. The quantitative estimate of drug-likeness (QED) is 0.0222. The molecule has 0 bridgehead atoms. The van der Waals surface area contributed by atoms with Crippen LogP contribution in [0.4, 0.5) is 0 Å². The number of phosphoric ester groups is 2. The van der Waals surface area contributed by atoms with Crippen molar-refractivity contribution in [3.05, 3.63) is 0 Å². The Balaban J connectivity index is 5.26. The highest BCUT2D eigenvalue weighted by Gasteiger charge is 2.30. The van der Waals surface area contributed by atoms with E-state index < -0.39 is 97.5 Å². The van der Waals surface area contributed by atoms with Crippen LogP contribution in [0.15, 0.2) is 0 Å². The van der Waals surface area contributed by atoms with Crippen LogP contribution < -0.4 is 0 Å². The summed E-state index contributed by atoms with van der Waals surface area (Å²) in [4.78, 5) is 72.9. The van der Waals surface area contributed by atoms with Gasteiger partial charge in [-0.2, -0.15) is 0 Å². The molecule has 0 aromatic heterocycles. The Morgan fingerprint density at radius 2 is 0.500 bits per heavy atom. The molecular formula is C77H150O17P2. The standard InChI is InChI=1S/C77H150O17P2/c1-9-70(8)56-48-40-32-26-28-36-44-52-60-77(82)94-73(64-88-75(80)58-50-42-34-27-25-31-39-47-55-69(6)7)66-92-96(85,86)90-62-71(78)61-89-95(83,84)91-65-72(63-87-74(79)57-49-41-33-23-19-16-15-18-22-30-38-46-54-68(4)5)93-76(81)59-51-43-35-24-20-14-12-10-11-13-17-21-29-37-45-53-67(2)3/h67-73,78H,9-66H2,1-8H3,(H,83,84)(H,85,86)/t70?,71?,72-,73-/m1/s1. The van der Waals surface area contributed by atoms with E-state index in [0.29, 0.717) is 25.7 Å². The fraction of sp³-hybridized carbons (Fsp3) is 0.948. The minimum absolute atomic E-state index is 0.104. The largest absolute Gasteiger partial charge is 0.472 e. The molecule has 0 aromatic carbocycles. The van der Waals surface area contributed by atoms with E-state index in [1.165, 1.54) is 193 Å². The van der Waals surface area contributed by atoms with Crippen molar-refractivity contribution in [2.45, 2.75) is 408 Å². The summed E-state index contributed by atoms with van der Waals surface area (Å²) in [6, 6.07) is 0. The number of esters is 4. The molecule has 4 unspecified atom stereocenters. The molecule has 570 valence electrons. The Kier molecular flexibility index (Phi) is 65.0. The molecule has 0 amide bonds. The van der Waals surface area contributed by atoms with Gasteiger partial charge in [0, 0.05) is 25.7 Å². The highest BCUT2D eigenvalue weighted by molar-refractivity contribution is 7.47. The topological polar surface area (TPSA) is 237 Å². The molecule has 3 N–H and O–H groups in total. The van der Waals surface area contributed by atoms with Crippen molar-refractivity contribution in [3.63, 3.8) is 0 Å². The van der Waals surface area contributed by atoms with Crippen molar-refractivity contribution < 1.29 is 80.2 Å². The maximum Gasteiger partial charge on any atom is 0.472 e. The van der Waals surface area contributed by atoms with Gasteiger partial charge in [0.15, 0.2) is 12.2 Å². The van der Waals surface area contributed by atoms with E-state index in [9.17, 15) is 43.2 Å². The maximum absolute atomic E-state index is 13.1. The van der Waals surface area contributed by atoms with Gasteiger partial charge in [-0.25, -0.2) is 9.13 Å². The predicted molar refractivity (Wildman–Crippen MR) is 391 cm³/mol. The lowest BCUT2D eigenvalue weighted by molar-refractivity contribution is -0.161. The zero-order chi connectivity index (χ0) is 71.0. The number of hydrogen-bond acceptors (Lipinski definition) is 15. The molecule has 96 heavy (non-hydrogen) atoms. The molecule has 0 aliphatic heterocycles. The second kappa shape index (κ2) is 66.3. The Morgan fingerprint density at radius 3 is 0.740 bits per heavy atom. The van der Waals surface area contributed by atoms with Gasteiger partial charge in [0.05, 0.1) is 26.4 Å². The smallest absolute Gasteiger partial charge is 0.462 e. The average Bonchev–Trinajstić information content (AvgIpc) is 1.81. The summed E-state index contributed by atoms with van der Waals surface area (Å²) < 4.78 is 68.6. The highest BCUT2D eigenvalue weighted by atomic mass is 31.2. The second-order valence-electron chi connectivity index (χ2n) is 29.4. The summed E-state index contributed by atoms with van der Waals surface area (Å²) in [5, 5.41) is 10.6. The normalized spacial score (nSPS) is 14.4. The molecule has 0 saturated carbocycles. The van der Waals surface area contributed by atoms with E-state index in [1.807, 2.05) is 0 Å². The van der Waals surface area contributed by atoms with Gasteiger partial charge in [-0.15, -0.1) is 0 Å². The molecule has 0 heterocycles. The molecule has 0 rings (SSSR count). The van der Waals surface area contributed by atoms with E-state index in [1.54, 1.807) is 0 Å². The molecule has 0 aromatic rings. The lowest BCUT2D eigenvalue weighted by atomic mass is 9.99. The number of rotatable bonds is 74. The first-order valence-electron chi connectivity index (χ1n) is 39.7. The van der Waals surface area contributed by atoms with E-state index in [2.05, 4.69) is 55.4 Å². The van der Waals surface area contributed by atoms with Gasteiger partial charge in [0.25, 0.3) is 0 Å². The Labute approximate surface area is 588 Å². The van der Waals surface area contributed by atoms with E-state index in [0.717, 1.165) is 114 Å². The summed E-state index contributed by atoms with van der Waals surface area (Å²) in [5.74, 6) is 0.960. The zero-order valence-electron chi connectivity index (χ0n) is 63.0. The molecule has 0 radical (unpaired) electrons. The Hall–Kier alpha value is -1.94. The number of hydrogen-bond donors (Lipinski definition) is 3. The number of phosphoric acid groups is 2. The fourth-order valence-electron chi connectivity index (χ4n) is 11.7. The molecular weight excluding hydrogens is 1260 g/mol. The first-order chi connectivity index (χ1) is 46.1. The van der Waals surface area contributed by atoms with E-state index in [4.69, 9.17) is 37.0 Å².